The van der Waals surface area contributed by atoms with E-state index < -0.39 is 0 Å². The number of amides is 1. The fourth-order valence-corrected chi connectivity index (χ4v) is 1.96. The Kier molecular flexibility index (Phi) is 6.09. The van der Waals surface area contributed by atoms with Gasteiger partial charge in [0.25, 0.3) is 0 Å². The molecule has 94 valence electrons. The third kappa shape index (κ3) is 5.14. The first-order valence-corrected chi connectivity index (χ1v) is 6.32. The molecule has 0 aromatic carbocycles. The van der Waals surface area contributed by atoms with Crippen molar-refractivity contribution in [1.82, 2.24) is 10.2 Å². The van der Waals surface area contributed by atoms with E-state index >= 15 is 0 Å². The molecule has 1 heterocycles. The van der Waals surface area contributed by atoms with Crippen LogP contribution in [0.2, 0.25) is 0 Å². The largest absolute Gasteiger partial charge is 0.374 e. The van der Waals surface area contributed by atoms with Crippen molar-refractivity contribution >= 4 is 17.5 Å². The summed E-state index contributed by atoms with van der Waals surface area (Å²) in [4.78, 5) is 13.4. The van der Waals surface area contributed by atoms with Gasteiger partial charge in [0.2, 0.25) is 5.91 Å². The summed E-state index contributed by atoms with van der Waals surface area (Å²) in [6.07, 6.45) is 0.0969. The van der Waals surface area contributed by atoms with E-state index in [1.165, 1.54) is 0 Å². The number of hydrogen-bond donors (Lipinski definition) is 1. The first-order valence-electron chi connectivity index (χ1n) is 5.78. The summed E-state index contributed by atoms with van der Waals surface area (Å²) in [6.45, 7) is 8.68. The molecule has 1 N–H and O–H groups in total. The predicted molar refractivity (Wildman–Crippen MR) is 64.7 cm³/mol. The number of ether oxygens (including phenoxy) is 1. The molecule has 1 saturated heterocycles. The van der Waals surface area contributed by atoms with Crippen LogP contribution in [0.25, 0.3) is 0 Å². The monoisotopic (exact) mass is 248 g/mol. The van der Waals surface area contributed by atoms with Crippen LogP contribution >= 0.6 is 11.6 Å². The molecule has 5 heteroatoms. The zero-order valence-electron chi connectivity index (χ0n) is 10.0. The molecule has 0 aliphatic carbocycles. The summed E-state index contributed by atoms with van der Waals surface area (Å²) >= 11 is 5.40. The highest BCUT2D eigenvalue weighted by molar-refractivity contribution is 6.27. The predicted octanol–water partition coefficient (Wildman–Crippen LogP) is 0.698. The van der Waals surface area contributed by atoms with Crippen LogP contribution in [0.4, 0.5) is 0 Å². The minimum absolute atomic E-state index is 0.0163. The lowest BCUT2D eigenvalue weighted by molar-refractivity contribution is -0.119. The molecule has 16 heavy (non-hydrogen) atoms. The van der Waals surface area contributed by atoms with Crippen molar-refractivity contribution in [2.24, 2.45) is 5.92 Å². The van der Waals surface area contributed by atoms with Crippen LogP contribution in [0, 0.1) is 5.92 Å². The van der Waals surface area contributed by atoms with E-state index in [9.17, 15) is 4.79 Å². The van der Waals surface area contributed by atoms with Gasteiger partial charge in [-0.15, -0.1) is 11.6 Å². The second kappa shape index (κ2) is 7.09. The van der Waals surface area contributed by atoms with Crippen molar-refractivity contribution in [3.8, 4) is 0 Å². The topological polar surface area (TPSA) is 41.6 Å². The molecular weight excluding hydrogens is 228 g/mol. The van der Waals surface area contributed by atoms with Crippen molar-refractivity contribution in [2.75, 3.05) is 38.7 Å². The van der Waals surface area contributed by atoms with Crippen molar-refractivity contribution in [3.05, 3.63) is 0 Å². The molecule has 1 atom stereocenters. The van der Waals surface area contributed by atoms with E-state index in [0.29, 0.717) is 12.5 Å². The summed E-state index contributed by atoms with van der Waals surface area (Å²) in [7, 11) is 0. The molecule has 1 aliphatic rings. The average molecular weight is 249 g/mol. The lowest BCUT2D eigenvalue weighted by atomic mass is 10.2. The number of rotatable bonds is 5. The van der Waals surface area contributed by atoms with Gasteiger partial charge in [-0.05, 0) is 5.92 Å². The quantitative estimate of drug-likeness (QED) is 0.729. The molecule has 0 aromatic heterocycles. The van der Waals surface area contributed by atoms with Gasteiger partial charge in [-0.2, -0.15) is 0 Å². The molecule has 0 aromatic rings. The highest BCUT2D eigenvalue weighted by Gasteiger charge is 2.21. The zero-order valence-corrected chi connectivity index (χ0v) is 10.8. The van der Waals surface area contributed by atoms with Crippen LogP contribution in [-0.4, -0.2) is 55.6 Å². The van der Waals surface area contributed by atoms with Gasteiger partial charge in [0.1, 0.15) is 5.88 Å². The maximum Gasteiger partial charge on any atom is 0.235 e. The summed E-state index contributed by atoms with van der Waals surface area (Å²) in [5.41, 5.74) is 0. The van der Waals surface area contributed by atoms with Crippen molar-refractivity contribution in [2.45, 2.75) is 20.0 Å². The molecule has 0 bridgehead atoms. The van der Waals surface area contributed by atoms with Crippen LogP contribution in [0.15, 0.2) is 0 Å². The minimum Gasteiger partial charge on any atom is -0.374 e. The van der Waals surface area contributed by atoms with E-state index in [4.69, 9.17) is 16.3 Å². The van der Waals surface area contributed by atoms with E-state index in [1.807, 2.05) is 0 Å². The maximum atomic E-state index is 11.0. The number of alkyl halides is 1. The summed E-state index contributed by atoms with van der Waals surface area (Å²) in [6, 6.07) is 0. The SMILES string of the molecule is CC(C)CN1CCOC(CNC(=O)CCl)C1. The molecule has 1 unspecified atom stereocenters. The van der Waals surface area contributed by atoms with Gasteiger partial charge in [0.15, 0.2) is 0 Å². The molecule has 1 fully saturated rings. The van der Waals surface area contributed by atoms with E-state index in [-0.39, 0.29) is 17.9 Å². The van der Waals surface area contributed by atoms with Gasteiger partial charge in [-0.3, -0.25) is 9.69 Å². The van der Waals surface area contributed by atoms with Crippen molar-refractivity contribution in [1.29, 1.82) is 0 Å². The highest BCUT2D eigenvalue weighted by Crippen LogP contribution is 2.07. The number of nitrogens with zero attached hydrogens (tertiary/aromatic N) is 1. The normalized spacial score (nSPS) is 22.4. The average Bonchev–Trinajstić information content (AvgIpc) is 2.25. The number of carbonyl (C=O) groups excluding carboxylic acids is 1. The Balaban J connectivity index is 2.24. The molecule has 0 radical (unpaired) electrons. The molecule has 1 rings (SSSR count). The Morgan fingerprint density at radius 2 is 2.38 bits per heavy atom. The second-order valence-electron chi connectivity index (χ2n) is 4.58. The van der Waals surface area contributed by atoms with Gasteiger partial charge in [0, 0.05) is 26.2 Å². The van der Waals surface area contributed by atoms with Crippen LogP contribution < -0.4 is 5.32 Å². The van der Waals surface area contributed by atoms with Crippen LogP contribution in [-0.2, 0) is 9.53 Å². The Hall–Kier alpha value is -0.320. The number of carbonyl (C=O) groups is 1. The Morgan fingerprint density at radius 1 is 1.62 bits per heavy atom. The van der Waals surface area contributed by atoms with Gasteiger partial charge >= 0.3 is 0 Å². The molecular formula is C11H21ClN2O2. The zero-order chi connectivity index (χ0) is 12.0. The standard InChI is InChI=1S/C11H21ClN2O2/c1-9(2)7-14-3-4-16-10(8-14)6-13-11(15)5-12/h9-10H,3-8H2,1-2H3,(H,13,15). The summed E-state index contributed by atoms with van der Waals surface area (Å²) in [5, 5.41) is 2.75. The third-order valence-electron chi connectivity index (χ3n) is 2.49. The summed E-state index contributed by atoms with van der Waals surface area (Å²) in [5.74, 6) is 0.546. The van der Waals surface area contributed by atoms with Crippen LogP contribution in [0.1, 0.15) is 13.8 Å². The Bertz CT molecular complexity index is 224. The highest BCUT2D eigenvalue weighted by atomic mass is 35.5. The molecule has 0 spiro atoms. The minimum atomic E-state index is -0.133. The van der Waals surface area contributed by atoms with E-state index in [2.05, 4.69) is 24.1 Å². The van der Waals surface area contributed by atoms with Gasteiger partial charge < -0.3 is 10.1 Å². The number of nitrogens with one attached hydrogen (secondary N) is 1. The molecule has 1 amide bonds. The van der Waals surface area contributed by atoms with E-state index in [0.717, 1.165) is 26.2 Å². The summed E-state index contributed by atoms with van der Waals surface area (Å²) < 4.78 is 5.59. The Morgan fingerprint density at radius 3 is 3.00 bits per heavy atom. The maximum absolute atomic E-state index is 11.0. The second-order valence-corrected chi connectivity index (χ2v) is 4.85. The first kappa shape index (κ1) is 13.7. The first-order chi connectivity index (χ1) is 7.61. The fraction of sp³-hybridized carbons (Fsp3) is 0.909. The molecule has 0 saturated carbocycles. The third-order valence-corrected chi connectivity index (χ3v) is 2.74. The van der Waals surface area contributed by atoms with E-state index in [1.54, 1.807) is 0 Å². The number of hydrogen-bond acceptors (Lipinski definition) is 3. The van der Waals surface area contributed by atoms with Gasteiger partial charge in [-0.1, -0.05) is 13.8 Å². The van der Waals surface area contributed by atoms with Crippen LogP contribution in [0.3, 0.4) is 0 Å². The van der Waals surface area contributed by atoms with Crippen molar-refractivity contribution in [3.63, 3.8) is 0 Å². The van der Waals surface area contributed by atoms with Crippen LogP contribution in [0.5, 0.6) is 0 Å². The Labute approximate surface area is 102 Å². The number of halogens is 1. The lowest BCUT2D eigenvalue weighted by Gasteiger charge is -2.33. The molecule has 1 aliphatic heterocycles. The van der Waals surface area contributed by atoms with Crippen molar-refractivity contribution < 1.29 is 9.53 Å². The van der Waals surface area contributed by atoms with Gasteiger partial charge in [0.05, 0.1) is 12.7 Å². The molecule has 4 nitrogen and oxygen atoms in total. The van der Waals surface area contributed by atoms with Gasteiger partial charge in [-0.25, -0.2) is 0 Å². The number of morpholine rings is 1. The lowest BCUT2D eigenvalue weighted by Crippen LogP contribution is -2.48. The fourth-order valence-electron chi connectivity index (χ4n) is 1.86. The smallest absolute Gasteiger partial charge is 0.235 e.